The number of likely N-dealkylation sites (tertiary alicyclic amines) is 1. The molecule has 1 fully saturated rings. The van der Waals surface area contributed by atoms with Gasteiger partial charge in [0.1, 0.15) is 5.78 Å². The molecule has 1 rings (SSSR count). The molecule has 82 valence electrons. The summed E-state index contributed by atoms with van der Waals surface area (Å²) in [7, 11) is 0. The molecule has 3 nitrogen and oxygen atoms in total. The highest BCUT2D eigenvalue weighted by atomic mass is 16.1. The summed E-state index contributed by atoms with van der Waals surface area (Å²) in [6.07, 6.45) is 1.82. The van der Waals surface area contributed by atoms with Crippen molar-refractivity contribution in [1.29, 1.82) is 0 Å². The third kappa shape index (κ3) is 3.39. The van der Waals surface area contributed by atoms with E-state index in [0.717, 1.165) is 13.1 Å². The summed E-state index contributed by atoms with van der Waals surface area (Å²) in [6, 6.07) is 1.15. The van der Waals surface area contributed by atoms with E-state index >= 15 is 0 Å². The lowest BCUT2D eigenvalue weighted by molar-refractivity contribution is -0.118. The lowest BCUT2D eigenvalue weighted by atomic mass is 10.2. The van der Waals surface area contributed by atoms with E-state index in [9.17, 15) is 4.79 Å². The fraction of sp³-hybridized carbons (Fsp3) is 0.909. The van der Waals surface area contributed by atoms with Crippen LogP contribution in [0.4, 0.5) is 0 Å². The van der Waals surface area contributed by atoms with Crippen LogP contribution in [0.15, 0.2) is 0 Å². The van der Waals surface area contributed by atoms with E-state index < -0.39 is 0 Å². The number of carbonyl (C=O) groups is 1. The van der Waals surface area contributed by atoms with Crippen LogP contribution in [0.2, 0.25) is 0 Å². The van der Waals surface area contributed by atoms with E-state index in [-0.39, 0.29) is 0 Å². The molecule has 0 spiro atoms. The fourth-order valence-electron chi connectivity index (χ4n) is 1.81. The Morgan fingerprint density at radius 2 is 2.29 bits per heavy atom. The van der Waals surface area contributed by atoms with Gasteiger partial charge < -0.3 is 5.32 Å². The van der Waals surface area contributed by atoms with Crippen molar-refractivity contribution >= 4 is 5.78 Å². The Labute approximate surface area is 86.9 Å². The fourth-order valence-corrected chi connectivity index (χ4v) is 1.81. The van der Waals surface area contributed by atoms with E-state index in [1.807, 2.05) is 6.92 Å². The van der Waals surface area contributed by atoms with Crippen LogP contribution in [-0.2, 0) is 4.79 Å². The van der Waals surface area contributed by atoms with Crippen molar-refractivity contribution in [3.8, 4) is 0 Å². The molecule has 3 heteroatoms. The van der Waals surface area contributed by atoms with Crippen LogP contribution >= 0.6 is 0 Å². The van der Waals surface area contributed by atoms with E-state index in [4.69, 9.17) is 0 Å². The molecule has 0 amide bonds. The zero-order valence-electron chi connectivity index (χ0n) is 9.55. The average molecular weight is 198 g/mol. The maximum absolute atomic E-state index is 11.1. The summed E-state index contributed by atoms with van der Waals surface area (Å²) in [6.45, 7) is 9.16. The van der Waals surface area contributed by atoms with Gasteiger partial charge in [0.15, 0.2) is 0 Å². The zero-order chi connectivity index (χ0) is 10.6. The second-order valence-electron chi connectivity index (χ2n) is 4.35. The van der Waals surface area contributed by atoms with Gasteiger partial charge in [-0.1, -0.05) is 6.92 Å². The summed E-state index contributed by atoms with van der Waals surface area (Å²) in [5, 5.41) is 3.33. The first kappa shape index (κ1) is 11.7. The van der Waals surface area contributed by atoms with Gasteiger partial charge in [0, 0.05) is 25.0 Å². The standard InChI is InChI=1S/C11H22N2O/c1-4-11(14)7-12-10-5-6-13(8-10)9(2)3/h9-10,12H,4-8H2,1-3H3/t10-/m0/s1. The first-order chi connectivity index (χ1) is 6.63. The number of Topliss-reactive ketones (excluding diaryl/α,β-unsaturated/α-hetero) is 1. The van der Waals surface area contributed by atoms with E-state index in [0.29, 0.717) is 30.8 Å². The maximum Gasteiger partial charge on any atom is 0.146 e. The van der Waals surface area contributed by atoms with E-state index in [1.165, 1.54) is 6.42 Å². The first-order valence-corrected chi connectivity index (χ1v) is 5.62. The van der Waals surface area contributed by atoms with Crippen LogP contribution in [0.3, 0.4) is 0 Å². The van der Waals surface area contributed by atoms with Gasteiger partial charge in [0.2, 0.25) is 0 Å². The largest absolute Gasteiger partial charge is 0.306 e. The lowest BCUT2D eigenvalue weighted by Gasteiger charge is -2.20. The van der Waals surface area contributed by atoms with E-state index in [1.54, 1.807) is 0 Å². The van der Waals surface area contributed by atoms with Crippen molar-refractivity contribution in [2.24, 2.45) is 0 Å². The predicted molar refractivity (Wildman–Crippen MR) is 58.4 cm³/mol. The van der Waals surface area contributed by atoms with Crippen LogP contribution in [0.1, 0.15) is 33.6 Å². The van der Waals surface area contributed by atoms with Crippen molar-refractivity contribution in [2.45, 2.75) is 45.7 Å². The van der Waals surface area contributed by atoms with Gasteiger partial charge in [0.05, 0.1) is 6.54 Å². The molecule has 0 bridgehead atoms. The van der Waals surface area contributed by atoms with Crippen molar-refractivity contribution in [3.05, 3.63) is 0 Å². The monoisotopic (exact) mass is 198 g/mol. The van der Waals surface area contributed by atoms with Crippen LogP contribution in [0, 0.1) is 0 Å². The summed E-state index contributed by atoms with van der Waals surface area (Å²) < 4.78 is 0. The van der Waals surface area contributed by atoms with Gasteiger partial charge in [-0.05, 0) is 26.8 Å². The minimum Gasteiger partial charge on any atom is -0.306 e. The molecule has 0 radical (unpaired) electrons. The third-order valence-corrected chi connectivity index (χ3v) is 2.93. The first-order valence-electron chi connectivity index (χ1n) is 5.62. The molecule has 0 saturated carbocycles. The molecule has 0 aromatic heterocycles. The molecule has 0 aliphatic carbocycles. The Morgan fingerprint density at radius 1 is 1.57 bits per heavy atom. The Morgan fingerprint density at radius 3 is 2.79 bits per heavy atom. The Bertz CT molecular complexity index is 192. The van der Waals surface area contributed by atoms with Crippen molar-refractivity contribution in [3.63, 3.8) is 0 Å². The van der Waals surface area contributed by atoms with Crippen molar-refractivity contribution in [2.75, 3.05) is 19.6 Å². The second-order valence-corrected chi connectivity index (χ2v) is 4.35. The minimum absolute atomic E-state index is 0.313. The summed E-state index contributed by atoms with van der Waals surface area (Å²) in [5.74, 6) is 0.313. The quantitative estimate of drug-likeness (QED) is 0.716. The van der Waals surface area contributed by atoms with Gasteiger partial charge in [-0.25, -0.2) is 0 Å². The van der Waals surface area contributed by atoms with Crippen molar-refractivity contribution < 1.29 is 4.79 Å². The molecule has 1 N–H and O–H groups in total. The normalized spacial score (nSPS) is 23.3. The number of hydrogen-bond donors (Lipinski definition) is 1. The van der Waals surface area contributed by atoms with Gasteiger partial charge in [-0.3, -0.25) is 9.69 Å². The summed E-state index contributed by atoms with van der Waals surface area (Å²) >= 11 is 0. The van der Waals surface area contributed by atoms with E-state index in [2.05, 4.69) is 24.1 Å². The topological polar surface area (TPSA) is 32.3 Å². The number of carbonyl (C=O) groups excluding carboxylic acids is 1. The highest BCUT2D eigenvalue weighted by Crippen LogP contribution is 2.11. The molecule has 0 aromatic rings. The number of ketones is 1. The predicted octanol–water partition coefficient (Wildman–Crippen LogP) is 1.04. The molecular formula is C11H22N2O. The molecule has 14 heavy (non-hydrogen) atoms. The van der Waals surface area contributed by atoms with Crippen LogP contribution in [-0.4, -0.2) is 42.4 Å². The van der Waals surface area contributed by atoms with Crippen LogP contribution < -0.4 is 5.32 Å². The Hall–Kier alpha value is -0.410. The molecule has 1 saturated heterocycles. The molecule has 1 atom stereocenters. The number of nitrogens with zero attached hydrogens (tertiary/aromatic N) is 1. The molecule has 0 unspecified atom stereocenters. The average Bonchev–Trinajstić information content (AvgIpc) is 2.62. The minimum atomic E-state index is 0.313. The van der Waals surface area contributed by atoms with Gasteiger partial charge in [0.25, 0.3) is 0 Å². The molecule has 1 heterocycles. The highest BCUT2D eigenvalue weighted by molar-refractivity contribution is 5.80. The Balaban J connectivity index is 2.19. The van der Waals surface area contributed by atoms with Gasteiger partial charge in [-0.2, -0.15) is 0 Å². The van der Waals surface area contributed by atoms with Crippen molar-refractivity contribution in [1.82, 2.24) is 10.2 Å². The van der Waals surface area contributed by atoms with Gasteiger partial charge >= 0.3 is 0 Å². The number of nitrogens with one attached hydrogen (secondary N) is 1. The van der Waals surface area contributed by atoms with Gasteiger partial charge in [-0.15, -0.1) is 0 Å². The molecule has 1 aliphatic heterocycles. The molecule has 0 aromatic carbocycles. The summed E-state index contributed by atoms with van der Waals surface area (Å²) in [5.41, 5.74) is 0. The van der Waals surface area contributed by atoms with Crippen LogP contribution in [0.5, 0.6) is 0 Å². The molecule has 1 aliphatic rings. The Kier molecular flexibility index (Phi) is 4.55. The lowest BCUT2D eigenvalue weighted by Crippen LogP contribution is -2.37. The third-order valence-electron chi connectivity index (χ3n) is 2.93. The summed E-state index contributed by atoms with van der Waals surface area (Å²) in [4.78, 5) is 13.6. The zero-order valence-corrected chi connectivity index (χ0v) is 9.55. The maximum atomic E-state index is 11.1. The second kappa shape index (κ2) is 5.47. The smallest absolute Gasteiger partial charge is 0.146 e. The SMILES string of the molecule is CCC(=O)CN[C@H]1CCN(C(C)C)C1. The molecular weight excluding hydrogens is 176 g/mol. The number of hydrogen-bond acceptors (Lipinski definition) is 3. The number of rotatable bonds is 5. The highest BCUT2D eigenvalue weighted by Gasteiger charge is 2.23. The van der Waals surface area contributed by atoms with Crippen LogP contribution in [0.25, 0.3) is 0 Å².